The van der Waals surface area contributed by atoms with Crippen LogP contribution in [0.1, 0.15) is 19.0 Å². The molecule has 2 aromatic rings. The molecule has 0 spiro atoms. The summed E-state index contributed by atoms with van der Waals surface area (Å²) in [5, 5.41) is 2.59. The van der Waals surface area contributed by atoms with Crippen molar-refractivity contribution in [1.82, 2.24) is 4.98 Å². The Labute approximate surface area is 103 Å². The van der Waals surface area contributed by atoms with Gasteiger partial charge in [-0.25, -0.2) is 4.21 Å². The van der Waals surface area contributed by atoms with Gasteiger partial charge in [0.15, 0.2) is 0 Å². The molecular weight excluding hydrogens is 238 g/mol. The van der Waals surface area contributed by atoms with Gasteiger partial charge in [-0.15, -0.1) is 0 Å². The van der Waals surface area contributed by atoms with Crippen molar-refractivity contribution in [3.8, 4) is 0 Å². The lowest BCUT2D eigenvalue weighted by atomic mass is 10.1. The van der Waals surface area contributed by atoms with E-state index in [4.69, 9.17) is 13.3 Å². The SMILES string of the molecule is CCCc1nccc2ccccc12.O=S([O-])O. The van der Waals surface area contributed by atoms with Gasteiger partial charge in [-0.05, 0) is 17.9 Å². The number of hydrogen-bond donors (Lipinski definition) is 1. The molecule has 1 heterocycles. The fraction of sp³-hybridized carbons (Fsp3) is 0.250. The van der Waals surface area contributed by atoms with Crippen molar-refractivity contribution in [2.24, 2.45) is 0 Å². The monoisotopic (exact) mass is 252 g/mol. The molecule has 1 unspecified atom stereocenters. The van der Waals surface area contributed by atoms with Gasteiger partial charge in [-0.3, -0.25) is 4.98 Å². The van der Waals surface area contributed by atoms with Gasteiger partial charge in [0.2, 0.25) is 0 Å². The lowest BCUT2D eigenvalue weighted by Gasteiger charge is -2.02. The summed E-state index contributed by atoms with van der Waals surface area (Å²) in [6.07, 6.45) is 4.12. The van der Waals surface area contributed by atoms with Crippen LogP contribution in [0.25, 0.3) is 10.8 Å². The van der Waals surface area contributed by atoms with Crippen LogP contribution >= 0.6 is 0 Å². The van der Waals surface area contributed by atoms with Crippen LogP contribution in [0.5, 0.6) is 0 Å². The van der Waals surface area contributed by atoms with E-state index >= 15 is 0 Å². The van der Waals surface area contributed by atoms with Crippen molar-refractivity contribution in [3.05, 3.63) is 42.2 Å². The van der Waals surface area contributed by atoms with Gasteiger partial charge in [0.1, 0.15) is 0 Å². The van der Waals surface area contributed by atoms with Crippen molar-refractivity contribution in [2.75, 3.05) is 0 Å². The van der Waals surface area contributed by atoms with Crippen LogP contribution in [0, 0.1) is 0 Å². The molecule has 0 saturated carbocycles. The topological polar surface area (TPSA) is 73.2 Å². The van der Waals surface area contributed by atoms with Crippen LogP contribution in [0.15, 0.2) is 36.5 Å². The average Bonchev–Trinajstić information content (AvgIpc) is 2.29. The van der Waals surface area contributed by atoms with E-state index < -0.39 is 11.4 Å². The molecule has 4 nitrogen and oxygen atoms in total. The molecule has 0 aliphatic carbocycles. The van der Waals surface area contributed by atoms with Gasteiger partial charge in [0, 0.05) is 17.3 Å². The second-order valence-electron chi connectivity index (χ2n) is 3.45. The van der Waals surface area contributed by atoms with E-state index in [0.717, 1.165) is 12.8 Å². The molecule has 0 bridgehead atoms. The van der Waals surface area contributed by atoms with Crippen LogP contribution < -0.4 is 0 Å². The van der Waals surface area contributed by atoms with Gasteiger partial charge in [0.25, 0.3) is 0 Å². The number of hydrogen-bond acceptors (Lipinski definition) is 3. The normalized spacial score (nSPS) is 11.7. The number of fused-ring (bicyclic) bond motifs is 1. The summed E-state index contributed by atoms with van der Waals surface area (Å²) >= 11 is -2.86. The third-order valence-corrected chi connectivity index (χ3v) is 2.24. The molecule has 0 saturated heterocycles. The van der Waals surface area contributed by atoms with E-state index in [1.54, 1.807) is 0 Å². The first kappa shape index (κ1) is 13.8. The predicted octanol–water partition coefficient (Wildman–Crippen LogP) is 2.53. The molecule has 1 atom stereocenters. The summed E-state index contributed by atoms with van der Waals surface area (Å²) in [7, 11) is 0. The van der Waals surface area contributed by atoms with E-state index in [9.17, 15) is 0 Å². The molecule has 17 heavy (non-hydrogen) atoms. The smallest absolute Gasteiger partial charge is 0.0814 e. The Morgan fingerprint density at radius 3 is 2.65 bits per heavy atom. The minimum Gasteiger partial charge on any atom is -0.750 e. The maximum absolute atomic E-state index is 8.56. The maximum Gasteiger partial charge on any atom is 0.0814 e. The number of rotatable bonds is 2. The minimum absolute atomic E-state index is 1.07. The van der Waals surface area contributed by atoms with E-state index in [-0.39, 0.29) is 0 Å². The Kier molecular flexibility index (Phi) is 5.76. The fourth-order valence-electron chi connectivity index (χ4n) is 1.62. The summed E-state index contributed by atoms with van der Waals surface area (Å²) in [4.78, 5) is 4.40. The molecule has 5 heteroatoms. The van der Waals surface area contributed by atoms with Crippen LogP contribution in [0.4, 0.5) is 0 Å². The Bertz CT molecular complexity index is 493. The highest BCUT2D eigenvalue weighted by Crippen LogP contribution is 2.16. The molecule has 1 N–H and O–H groups in total. The van der Waals surface area contributed by atoms with Gasteiger partial charge < -0.3 is 9.11 Å². The zero-order valence-corrected chi connectivity index (χ0v) is 10.3. The van der Waals surface area contributed by atoms with E-state index in [1.165, 1.54) is 16.5 Å². The quantitative estimate of drug-likeness (QED) is 0.833. The molecule has 0 aliphatic heterocycles. The van der Waals surface area contributed by atoms with Gasteiger partial charge in [-0.1, -0.05) is 37.6 Å². The third kappa shape index (κ3) is 4.60. The van der Waals surface area contributed by atoms with Crippen molar-refractivity contribution in [2.45, 2.75) is 19.8 Å². The van der Waals surface area contributed by atoms with Crippen molar-refractivity contribution in [3.63, 3.8) is 0 Å². The van der Waals surface area contributed by atoms with Gasteiger partial charge >= 0.3 is 0 Å². The molecule has 0 aliphatic rings. The minimum atomic E-state index is -2.86. The highest BCUT2D eigenvalue weighted by molar-refractivity contribution is 7.73. The maximum atomic E-state index is 8.56. The summed E-state index contributed by atoms with van der Waals surface area (Å²) in [6, 6.07) is 10.5. The second-order valence-corrected chi connectivity index (χ2v) is 3.88. The molecule has 1 aromatic heterocycles. The highest BCUT2D eigenvalue weighted by Gasteiger charge is 1.98. The number of aromatic nitrogens is 1. The first-order valence-corrected chi connectivity index (χ1v) is 6.29. The standard InChI is InChI=1S/C12H13N.H2O3S/c1-2-5-12-11-7-4-3-6-10(11)8-9-13-12;1-4(2)3/h3-4,6-9H,2,5H2,1H3;(H2,1,2,3)/p-1. The van der Waals surface area contributed by atoms with E-state index in [0.29, 0.717) is 0 Å². The Hall–Kier alpha value is -1.30. The van der Waals surface area contributed by atoms with Crippen LogP contribution in [0.2, 0.25) is 0 Å². The van der Waals surface area contributed by atoms with Gasteiger partial charge in [0.05, 0.1) is 11.4 Å². The number of aryl methyl sites for hydroxylation is 1. The summed E-state index contributed by atoms with van der Waals surface area (Å²) in [5.74, 6) is 0. The van der Waals surface area contributed by atoms with Crippen molar-refractivity contribution >= 4 is 22.1 Å². The van der Waals surface area contributed by atoms with Crippen molar-refractivity contribution < 1.29 is 13.3 Å². The molecule has 1 aromatic carbocycles. The Morgan fingerprint density at radius 1 is 1.35 bits per heavy atom. The van der Waals surface area contributed by atoms with Crippen molar-refractivity contribution in [1.29, 1.82) is 0 Å². The summed E-state index contributed by atoms with van der Waals surface area (Å²) in [5.41, 5.74) is 1.22. The lowest BCUT2D eigenvalue weighted by Crippen LogP contribution is -1.89. The summed E-state index contributed by atoms with van der Waals surface area (Å²) in [6.45, 7) is 2.18. The highest BCUT2D eigenvalue weighted by atomic mass is 32.2. The second kappa shape index (κ2) is 7.11. The Balaban J connectivity index is 0.000000317. The number of pyridine rings is 1. The molecular formula is C12H14NO3S-. The fourth-order valence-corrected chi connectivity index (χ4v) is 1.62. The molecule has 0 fully saturated rings. The molecule has 0 radical (unpaired) electrons. The predicted molar refractivity (Wildman–Crippen MR) is 67.3 cm³/mol. The first-order valence-electron chi connectivity index (χ1n) is 5.26. The zero-order chi connectivity index (χ0) is 12.7. The summed E-state index contributed by atoms with van der Waals surface area (Å²) < 4.78 is 24.1. The molecule has 2 rings (SSSR count). The van der Waals surface area contributed by atoms with Gasteiger partial charge in [-0.2, -0.15) is 0 Å². The Morgan fingerprint density at radius 2 is 2.00 bits per heavy atom. The number of nitrogens with zero attached hydrogens (tertiary/aromatic N) is 1. The van der Waals surface area contributed by atoms with Crippen LogP contribution in [0.3, 0.4) is 0 Å². The average molecular weight is 252 g/mol. The largest absolute Gasteiger partial charge is 0.750 e. The first-order chi connectivity index (χ1) is 8.15. The zero-order valence-electron chi connectivity index (χ0n) is 9.50. The lowest BCUT2D eigenvalue weighted by molar-refractivity contribution is 0.436. The number of benzene rings is 1. The third-order valence-electron chi connectivity index (χ3n) is 2.24. The van der Waals surface area contributed by atoms with E-state index in [2.05, 4.69) is 42.2 Å². The molecule has 0 amide bonds. The molecule has 92 valence electrons. The van der Waals surface area contributed by atoms with E-state index in [1.807, 2.05) is 6.20 Å². The van der Waals surface area contributed by atoms with Crippen LogP contribution in [-0.4, -0.2) is 18.3 Å². The van der Waals surface area contributed by atoms with Crippen LogP contribution in [-0.2, 0) is 17.8 Å².